The molecule has 84 valence electrons. The first-order valence-electron chi connectivity index (χ1n) is 4.65. The van der Waals surface area contributed by atoms with E-state index in [1.807, 2.05) is 0 Å². The lowest BCUT2D eigenvalue weighted by molar-refractivity contribution is 0.755. The standard InChI is InChI=1S/C9H9Cl2N5/c10-7-2-1-6(5-8(7)11)16-9(3-4-12)13-14-15-16/h1-2,5H,3-4,12H2. The average Bonchev–Trinajstić information content (AvgIpc) is 2.71. The van der Waals surface area contributed by atoms with Crippen LogP contribution in [0.15, 0.2) is 18.2 Å². The molecule has 0 aliphatic carbocycles. The molecule has 0 aliphatic rings. The lowest BCUT2D eigenvalue weighted by atomic mass is 10.3. The molecule has 0 spiro atoms. The van der Waals surface area contributed by atoms with Gasteiger partial charge in [-0.15, -0.1) is 5.10 Å². The third kappa shape index (κ3) is 2.16. The second-order valence-corrected chi connectivity index (χ2v) is 3.96. The van der Waals surface area contributed by atoms with E-state index in [1.54, 1.807) is 22.9 Å². The maximum absolute atomic E-state index is 5.92. The molecule has 0 saturated heterocycles. The third-order valence-corrected chi connectivity index (χ3v) is 2.79. The van der Waals surface area contributed by atoms with Gasteiger partial charge in [-0.25, -0.2) is 0 Å². The van der Waals surface area contributed by atoms with Gasteiger partial charge >= 0.3 is 0 Å². The molecule has 2 N–H and O–H groups in total. The molecule has 0 unspecified atom stereocenters. The summed E-state index contributed by atoms with van der Waals surface area (Å²) in [7, 11) is 0. The summed E-state index contributed by atoms with van der Waals surface area (Å²) in [5, 5.41) is 12.3. The van der Waals surface area contributed by atoms with Crippen molar-refractivity contribution in [1.29, 1.82) is 0 Å². The van der Waals surface area contributed by atoms with Crippen LogP contribution in [0.25, 0.3) is 5.69 Å². The molecule has 2 aromatic rings. The molecule has 0 aliphatic heterocycles. The number of tetrazole rings is 1. The van der Waals surface area contributed by atoms with Crippen molar-refractivity contribution in [3.8, 4) is 5.69 Å². The SMILES string of the molecule is NCCc1nnnn1-c1ccc(Cl)c(Cl)c1. The number of benzene rings is 1. The summed E-state index contributed by atoms with van der Waals surface area (Å²) in [5.74, 6) is 0.695. The van der Waals surface area contributed by atoms with Crippen molar-refractivity contribution in [3.05, 3.63) is 34.1 Å². The molecule has 2 rings (SSSR count). The van der Waals surface area contributed by atoms with Gasteiger partial charge in [0.05, 0.1) is 15.7 Å². The lowest BCUT2D eigenvalue weighted by Crippen LogP contribution is -2.09. The van der Waals surface area contributed by atoms with Crippen LogP contribution in [0.2, 0.25) is 10.0 Å². The molecule has 0 fully saturated rings. The summed E-state index contributed by atoms with van der Waals surface area (Å²) < 4.78 is 1.59. The van der Waals surface area contributed by atoms with Crippen LogP contribution in [0.5, 0.6) is 0 Å². The van der Waals surface area contributed by atoms with Gasteiger partial charge in [0.15, 0.2) is 5.82 Å². The van der Waals surface area contributed by atoms with E-state index in [1.165, 1.54) is 0 Å². The van der Waals surface area contributed by atoms with E-state index in [9.17, 15) is 0 Å². The van der Waals surface area contributed by atoms with Gasteiger partial charge in [-0.05, 0) is 35.2 Å². The Balaban J connectivity index is 2.42. The normalized spacial score (nSPS) is 10.7. The summed E-state index contributed by atoms with van der Waals surface area (Å²) >= 11 is 11.8. The molecule has 1 aromatic heterocycles. The number of halogens is 2. The Morgan fingerprint density at radius 3 is 2.75 bits per heavy atom. The van der Waals surface area contributed by atoms with Gasteiger partial charge in [0, 0.05) is 6.42 Å². The monoisotopic (exact) mass is 257 g/mol. The van der Waals surface area contributed by atoms with Gasteiger partial charge in [0.2, 0.25) is 0 Å². The van der Waals surface area contributed by atoms with Crippen LogP contribution in [-0.2, 0) is 6.42 Å². The van der Waals surface area contributed by atoms with Crippen LogP contribution in [0.3, 0.4) is 0 Å². The maximum Gasteiger partial charge on any atom is 0.157 e. The molecule has 0 amide bonds. The van der Waals surface area contributed by atoms with E-state index in [0.717, 1.165) is 5.69 Å². The van der Waals surface area contributed by atoms with Crippen molar-refractivity contribution in [2.75, 3.05) is 6.54 Å². The summed E-state index contributed by atoms with van der Waals surface area (Å²) in [4.78, 5) is 0. The molecule has 7 heteroatoms. The smallest absolute Gasteiger partial charge is 0.157 e. The predicted molar refractivity (Wildman–Crippen MR) is 61.9 cm³/mol. The number of nitrogens with zero attached hydrogens (tertiary/aromatic N) is 4. The molecule has 0 radical (unpaired) electrons. The Labute approximate surface area is 102 Å². The average molecular weight is 258 g/mol. The molecule has 0 saturated carbocycles. The van der Waals surface area contributed by atoms with E-state index in [0.29, 0.717) is 28.8 Å². The number of aromatic nitrogens is 4. The van der Waals surface area contributed by atoms with Crippen LogP contribution >= 0.6 is 23.2 Å². The second-order valence-electron chi connectivity index (χ2n) is 3.14. The van der Waals surface area contributed by atoms with Crippen LogP contribution in [0.1, 0.15) is 5.82 Å². The van der Waals surface area contributed by atoms with Crippen molar-refractivity contribution < 1.29 is 0 Å². The fourth-order valence-corrected chi connectivity index (χ4v) is 1.60. The summed E-state index contributed by atoms with van der Waals surface area (Å²) in [6, 6.07) is 5.21. The Hall–Kier alpha value is -1.17. The summed E-state index contributed by atoms with van der Waals surface area (Å²) in [6.45, 7) is 0.488. The highest BCUT2D eigenvalue weighted by Crippen LogP contribution is 2.24. The minimum absolute atomic E-state index is 0.466. The summed E-state index contributed by atoms with van der Waals surface area (Å²) in [6.07, 6.45) is 0.604. The number of rotatable bonds is 3. The summed E-state index contributed by atoms with van der Waals surface area (Å²) in [5.41, 5.74) is 6.23. The van der Waals surface area contributed by atoms with E-state index < -0.39 is 0 Å². The van der Waals surface area contributed by atoms with Crippen molar-refractivity contribution in [2.45, 2.75) is 6.42 Å². The zero-order valence-corrected chi connectivity index (χ0v) is 9.78. The van der Waals surface area contributed by atoms with Gasteiger partial charge in [-0.1, -0.05) is 23.2 Å². The topological polar surface area (TPSA) is 69.6 Å². The highest BCUT2D eigenvalue weighted by atomic mass is 35.5. The Bertz CT molecular complexity index is 496. The zero-order valence-electron chi connectivity index (χ0n) is 8.27. The van der Waals surface area contributed by atoms with Gasteiger partial charge in [0.25, 0.3) is 0 Å². The van der Waals surface area contributed by atoms with Gasteiger partial charge in [0.1, 0.15) is 0 Å². The quantitative estimate of drug-likeness (QED) is 0.905. The minimum atomic E-state index is 0.466. The molecule has 0 atom stereocenters. The Morgan fingerprint density at radius 2 is 2.06 bits per heavy atom. The number of nitrogens with two attached hydrogens (primary N) is 1. The lowest BCUT2D eigenvalue weighted by Gasteiger charge is -2.04. The van der Waals surface area contributed by atoms with Crippen LogP contribution in [-0.4, -0.2) is 26.8 Å². The maximum atomic E-state index is 5.92. The molecule has 1 aromatic carbocycles. The molecule has 0 bridgehead atoms. The van der Waals surface area contributed by atoms with E-state index in [2.05, 4.69) is 15.5 Å². The number of hydrogen-bond donors (Lipinski definition) is 1. The second kappa shape index (κ2) is 4.78. The Kier molecular flexibility index (Phi) is 3.38. The van der Waals surface area contributed by atoms with Crippen LogP contribution < -0.4 is 5.73 Å². The largest absolute Gasteiger partial charge is 0.330 e. The first kappa shape index (κ1) is 11.3. The van der Waals surface area contributed by atoms with E-state index >= 15 is 0 Å². The first-order valence-corrected chi connectivity index (χ1v) is 5.40. The fourth-order valence-electron chi connectivity index (χ4n) is 1.31. The highest BCUT2D eigenvalue weighted by Gasteiger charge is 2.08. The van der Waals surface area contributed by atoms with Crippen LogP contribution in [0.4, 0.5) is 0 Å². The molecular formula is C9H9Cl2N5. The first-order chi connectivity index (χ1) is 7.72. The molecule has 5 nitrogen and oxygen atoms in total. The van der Waals surface area contributed by atoms with Gasteiger partial charge in [-0.2, -0.15) is 4.68 Å². The zero-order chi connectivity index (χ0) is 11.5. The van der Waals surface area contributed by atoms with Crippen molar-refractivity contribution in [2.24, 2.45) is 5.73 Å². The molecule has 1 heterocycles. The molecular weight excluding hydrogens is 249 g/mol. The predicted octanol–water partition coefficient (Wildman–Crippen LogP) is 1.47. The highest BCUT2D eigenvalue weighted by molar-refractivity contribution is 6.42. The molecule has 16 heavy (non-hydrogen) atoms. The van der Waals surface area contributed by atoms with Crippen molar-refractivity contribution >= 4 is 23.2 Å². The van der Waals surface area contributed by atoms with Gasteiger partial charge < -0.3 is 5.73 Å². The Morgan fingerprint density at radius 1 is 1.25 bits per heavy atom. The van der Waals surface area contributed by atoms with Crippen molar-refractivity contribution in [3.63, 3.8) is 0 Å². The van der Waals surface area contributed by atoms with Crippen LogP contribution in [0, 0.1) is 0 Å². The van der Waals surface area contributed by atoms with E-state index in [-0.39, 0.29) is 0 Å². The van der Waals surface area contributed by atoms with Crippen molar-refractivity contribution in [1.82, 2.24) is 20.2 Å². The third-order valence-electron chi connectivity index (χ3n) is 2.05. The van der Waals surface area contributed by atoms with Gasteiger partial charge in [-0.3, -0.25) is 0 Å². The number of hydrogen-bond acceptors (Lipinski definition) is 4. The van der Waals surface area contributed by atoms with E-state index in [4.69, 9.17) is 28.9 Å². The minimum Gasteiger partial charge on any atom is -0.330 e. The fraction of sp³-hybridized carbons (Fsp3) is 0.222.